The molecule has 0 amide bonds. The molecule has 10 heteroatoms. The number of cyclic esters (lactones) is 1. The van der Waals surface area contributed by atoms with E-state index >= 15 is 0 Å². The topological polar surface area (TPSA) is 90.7 Å². The second kappa shape index (κ2) is 6.98. The molecule has 7 nitrogen and oxygen atoms in total. The van der Waals surface area contributed by atoms with Crippen molar-refractivity contribution in [2.24, 2.45) is 0 Å². The summed E-state index contributed by atoms with van der Waals surface area (Å²) < 4.78 is 45.3. The zero-order valence-corrected chi connectivity index (χ0v) is 13.4. The van der Waals surface area contributed by atoms with Crippen LogP contribution in [0, 0.1) is 10.1 Å². The van der Waals surface area contributed by atoms with Crippen LogP contribution in [-0.2, 0) is 4.74 Å². The predicted octanol–water partition coefficient (Wildman–Crippen LogP) is 4.03. The van der Waals surface area contributed by atoms with E-state index in [4.69, 9.17) is 4.74 Å². The van der Waals surface area contributed by atoms with Crippen LogP contribution in [0.1, 0.15) is 22.0 Å². The van der Waals surface area contributed by atoms with E-state index in [1.165, 1.54) is 18.2 Å². The quantitative estimate of drug-likeness (QED) is 0.479. The summed E-state index contributed by atoms with van der Waals surface area (Å²) in [7, 11) is 0. The number of rotatable bonds is 5. The van der Waals surface area contributed by atoms with Gasteiger partial charge in [-0.1, -0.05) is 18.2 Å². The number of hydrogen-bond acceptors (Lipinski definition) is 6. The normalized spacial score (nSPS) is 16.5. The van der Waals surface area contributed by atoms with Crippen molar-refractivity contribution in [3.63, 3.8) is 0 Å². The van der Waals surface area contributed by atoms with Gasteiger partial charge >= 0.3 is 18.0 Å². The summed E-state index contributed by atoms with van der Waals surface area (Å²) in [5, 5.41) is 14.0. The molecule has 2 aromatic carbocycles. The van der Waals surface area contributed by atoms with Crippen LogP contribution in [0.5, 0.6) is 5.75 Å². The van der Waals surface area contributed by atoms with Crippen LogP contribution in [0.2, 0.25) is 0 Å². The number of ether oxygens (including phenoxy) is 2. The molecule has 1 aliphatic heterocycles. The first-order valence-corrected chi connectivity index (χ1v) is 7.51. The first-order valence-electron chi connectivity index (χ1n) is 7.51. The first kappa shape index (κ1) is 18.2. The Balaban J connectivity index is 1.80. The monoisotopic (exact) mass is 380 g/mol. The van der Waals surface area contributed by atoms with Crippen molar-refractivity contribution in [3.05, 3.63) is 81.7 Å². The minimum atomic E-state index is -4.81. The van der Waals surface area contributed by atoms with Gasteiger partial charge in [-0.2, -0.15) is 0 Å². The van der Waals surface area contributed by atoms with E-state index in [0.29, 0.717) is 5.56 Å². The minimum absolute atomic E-state index is 0.240. The number of esters is 1. The Labute approximate surface area is 150 Å². The summed E-state index contributed by atoms with van der Waals surface area (Å²) in [6, 6.07) is 10.9. The number of carbonyl (C=O) groups is 1. The van der Waals surface area contributed by atoms with Gasteiger partial charge in [-0.15, -0.1) is 13.2 Å². The largest absolute Gasteiger partial charge is 0.573 e. The van der Waals surface area contributed by atoms with Gasteiger partial charge in [-0.25, -0.2) is 4.79 Å². The number of fused-ring (bicyclic) bond motifs is 1. The van der Waals surface area contributed by atoms with Crippen LogP contribution in [0.15, 0.2) is 60.4 Å². The highest BCUT2D eigenvalue weighted by Gasteiger charge is 2.39. The molecule has 0 aromatic heterocycles. The van der Waals surface area contributed by atoms with Crippen molar-refractivity contribution < 1.29 is 32.4 Å². The number of nitrogens with zero attached hydrogens (tertiary/aromatic N) is 1. The van der Waals surface area contributed by atoms with Crippen molar-refractivity contribution in [3.8, 4) is 5.75 Å². The fourth-order valence-corrected chi connectivity index (χ4v) is 2.50. The smallest absolute Gasteiger partial charge is 0.442 e. The van der Waals surface area contributed by atoms with E-state index in [-0.39, 0.29) is 11.3 Å². The van der Waals surface area contributed by atoms with E-state index in [2.05, 4.69) is 10.1 Å². The molecule has 0 bridgehead atoms. The molecular formula is C17H11F3N2O5. The summed E-state index contributed by atoms with van der Waals surface area (Å²) in [6.07, 6.45) is -4.98. The number of hydrogen-bond donors (Lipinski definition) is 1. The molecule has 1 aliphatic rings. The second-order valence-corrected chi connectivity index (χ2v) is 5.42. The lowest BCUT2D eigenvalue weighted by Gasteiger charge is -2.10. The summed E-state index contributed by atoms with van der Waals surface area (Å²) in [5.74, 6) is -1.10. The van der Waals surface area contributed by atoms with Crippen molar-refractivity contribution in [1.82, 2.24) is 0 Å². The highest BCUT2D eigenvalue weighted by atomic mass is 19.4. The van der Waals surface area contributed by atoms with Gasteiger partial charge in [0.25, 0.3) is 0 Å². The number of alkyl halides is 3. The van der Waals surface area contributed by atoms with E-state index in [1.807, 2.05) is 0 Å². The molecule has 0 saturated heterocycles. The van der Waals surface area contributed by atoms with Crippen molar-refractivity contribution in [1.29, 1.82) is 0 Å². The number of nitro groups is 1. The molecule has 1 heterocycles. The van der Waals surface area contributed by atoms with Gasteiger partial charge in [-0.05, 0) is 30.3 Å². The third-order valence-electron chi connectivity index (χ3n) is 3.64. The molecule has 0 unspecified atom stereocenters. The highest BCUT2D eigenvalue weighted by molar-refractivity contribution is 5.94. The number of halogens is 3. The molecule has 3 rings (SSSR count). The van der Waals surface area contributed by atoms with Gasteiger partial charge in [0.1, 0.15) is 5.75 Å². The second-order valence-electron chi connectivity index (χ2n) is 5.42. The Morgan fingerprint density at radius 1 is 1.19 bits per heavy atom. The minimum Gasteiger partial charge on any atom is -0.442 e. The number of carbonyl (C=O) groups excluding carboxylic acids is 1. The highest BCUT2D eigenvalue weighted by Crippen LogP contribution is 2.36. The summed E-state index contributed by atoms with van der Waals surface area (Å²) in [4.78, 5) is 22.5. The Bertz CT molecular complexity index is 910. The molecule has 0 radical (unpaired) electrons. The van der Waals surface area contributed by atoms with Gasteiger partial charge in [-0.3, -0.25) is 10.1 Å². The lowest BCUT2D eigenvalue weighted by Crippen LogP contribution is -2.17. The molecule has 27 heavy (non-hydrogen) atoms. The zero-order chi connectivity index (χ0) is 19.6. The predicted molar refractivity (Wildman–Crippen MR) is 86.4 cm³/mol. The van der Waals surface area contributed by atoms with Crippen LogP contribution >= 0.6 is 0 Å². The maximum Gasteiger partial charge on any atom is 0.573 e. The van der Waals surface area contributed by atoms with Gasteiger partial charge < -0.3 is 14.8 Å². The number of nitrogens with one attached hydrogen (secondary N) is 1. The standard InChI is InChI=1S/C17H11F3N2O5/c18-17(19,20)27-11-7-5-10(6-8-11)21-9-14(22(24)25)15-12-3-1-2-4-13(12)16(23)26-15/h1-9,15,21H/t15-/m0/s1. The average Bonchev–Trinajstić information content (AvgIpc) is 2.92. The molecule has 0 saturated carbocycles. The molecular weight excluding hydrogens is 369 g/mol. The Morgan fingerprint density at radius 3 is 2.48 bits per heavy atom. The molecule has 0 spiro atoms. The SMILES string of the molecule is O=C1O[C@H](C(=CNc2ccc(OC(F)(F)F)cc2)[N+](=O)[O-])c2ccccc21. The number of benzene rings is 2. The van der Waals surface area contributed by atoms with Gasteiger partial charge in [0.05, 0.1) is 16.7 Å². The van der Waals surface area contributed by atoms with Crippen molar-refractivity contribution in [2.75, 3.05) is 5.32 Å². The van der Waals surface area contributed by atoms with Gasteiger partial charge in [0, 0.05) is 11.3 Å². The van der Waals surface area contributed by atoms with E-state index in [0.717, 1.165) is 18.3 Å². The number of anilines is 1. The van der Waals surface area contributed by atoms with Crippen LogP contribution < -0.4 is 10.1 Å². The molecule has 140 valence electrons. The Morgan fingerprint density at radius 2 is 1.85 bits per heavy atom. The Kier molecular flexibility index (Phi) is 4.72. The lowest BCUT2D eigenvalue weighted by atomic mass is 10.0. The first-order chi connectivity index (χ1) is 12.7. The average molecular weight is 380 g/mol. The molecule has 0 fully saturated rings. The van der Waals surface area contributed by atoms with Crippen molar-refractivity contribution >= 4 is 11.7 Å². The lowest BCUT2D eigenvalue weighted by molar-refractivity contribution is -0.436. The summed E-state index contributed by atoms with van der Waals surface area (Å²) in [5.41, 5.74) is 0.454. The molecule has 2 aromatic rings. The third-order valence-corrected chi connectivity index (χ3v) is 3.64. The van der Waals surface area contributed by atoms with Crippen LogP contribution in [0.4, 0.5) is 18.9 Å². The van der Waals surface area contributed by atoms with E-state index in [9.17, 15) is 28.1 Å². The molecule has 1 atom stereocenters. The molecule has 1 N–H and O–H groups in total. The fraction of sp³-hybridized carbons (Fsp3) is 0.118. The maximum absolute atomic E-state index is 12.1. The van der Waals surface area contributed by atoms with Crippen LogP contribution in [-0.4, -0.2) is 17.3 Å². The third kappa shape index (κ3) is 4.17. The summed E-state index contributed by atoms with van der Waals surface area (Å²) >= 11 is 0. The summed E-state index contributed by atoms with van der Waals surface area (Å²) in [6.45, 7) is 0. The van der Waals surface area contributed by atoms with E-state index < -0.39 is 34.8 Å². The fourth-order valence-electron chi connectivity index (χ4n) is 2.50. The molecule has 0 aliphatic carbocycles. The van der Waals surface area contributed by atoms with Crippen LogP contribution in [0.25, 0.3) is 0 Å². The Hall–Kier alpha value is -3.56. The maximum atomic E-state index is 12.1. The van der Waals surface area contributed by atoms with Gasteiger partial charge in [0.15, 0.2) is 0 Å². The van der Waals surface area contributed by atoms with Crippen molar-refractivity contribution in [2.45, 2.75) is 12.5 Å². The van der Waals surface area contributed by atoms with E-state index in [1.54, 1.807) is 18.2 Å². The zero-order valence-electron chi connectivity index (χ0n) is 13.4. The van der Waals surface area contributed by atoms with Crippen LogP contribution in [0.3, 0.4) is 0 Å². The van der Waals surface area contributed by atoms with Gasteiger partial charge in [0.2, 0.25) is 6.10 Å².